The standard InChI is InChI=1S/C22H27BrClN3O2S/c1-3-30(29)21-5-4-20(24)13-18(21)14-25-22(28)17-10-16(11-19(23)12-17)15-27-8-6-26(2)7-9-27/h4-5,10-13H,3,6-9,14-15H2,1-2H3,(H,25,28). The first-order valence-corrected chi connectivity index (χ1v) is 12.5. The summed E-state index contributed by atoms with van der Waals surface area (Å²) in [4.78, 5) is 18.3. The molecular weight excluding hydrogens is 486 g/mol. The molecule has 8 heteroatoms. The zero-order chi connectivity index (χ0) is 21.7. The SMILES string of the molecule is CCS(=O)c1ccc(Cl)cc1CNC(=O)c1cc(Br)cc(CN2CCN(C)CC2)c1. The molecule has 1 aliphatic heterocycles. The summed E-state index contributed by atoms with van der Waals surface area (Å²) in [6, 6.07) is 11.1. The Hall–Kier alpha value is -1.25. The summed E-state index contributed by atoms with van der Waals surface area (Å²) < 4.78 is 13.2. The van der Waals surface area contributed by atoms with Crippen molar-refractivity contribution in [3.8, 4) is 0 Å². The van der Waals surface area contributed by atoms with E-state index < -0.39 is 10.8 Å². The highest BCUT2D eigenvalue weighted by Crippen LogP contribution is 2.21. The van der Waals surface area contributed by atoms with E-state index in [1.54, 1.807) is 18.2 Å². The molecule has 3 rings (SSSR count). The van der Waals surface area contributed by atoms with Crippen LogP contribution in [0.2, 0.25) is 5.02 Å². The van der Waals surface area contributed by atoms with Gasteiger partial charge < -0.3 is 10.2 Å². The first-order valence-electron chi connectivity index (χ1n) is 10.0. The summed E-state index contributed by atoms with van der Waals surface area (Å²) in [5, 5.41) is 3.52. The molecule has 0 saturated carbocycles. The van der Waals surface area contributed by atoms with Crippen LogP contribution in [0.4, 0.5) is 0 Å². The zero-order valence-corrected chi connectivity index (χ0v) is 20.4. The van der Waals surface area contributed by atoms with Crippen LogP contribution in [0, 0.1) is 0 Å². The van der Waals surface area contributed by atoms with Gasteiger partial charge in [-0.15, -0.1) is 0 Å². The lowest BCUT2D eigenvalue weighted by Crippen LogP contribution is -2.43. The fraction of sp³-hybridized carbons (Fsp3) is 0.409. The Bertz CT molecular complexity index is 933. The third kappa shape index (κ3) is 6.37. The van der Waals surface area contributed by atoms with Gasteiger partial charge in [0.2, 0.25) is 0 Å². The molecule has 0 spiro atoms. The second-order valence-electron chi connectivity index (χ2n) is 7.50. The highest BCUT2D eigenvalue weighted by molar-refractivity contribution is 9.10. The van der Waals surface area contributed by atoms with E-state index in [0.29, 0.717) is 21.2 Å². The Morgan fingerprint density at radius 1 is 1.17 bits per heavy atom. The molecule has 1 N–H and O–H groups in total. The van der Waals surface area contributed by atoms with Gasteiger partial charge in [-0.1, -0.05) is 34.5 Å². The van der Waals surface area contributed by atoms with Crippen LogP contribution in [0.25, 0.3) is 0 Å². The zero-order valence-electron chi connectivity index (χ0n) is 17.3. The van der Waals surface area contributed by atoms with Crippen LogP contribution in [-0.4, -0.2) is 58.9 Å². The molecule has 2 aromatic rings. The second-order valence-corrected chi connectivity index (χ2v) is 10.6. The highest BCUT2D eigenvalue weighted by atomic mass is 79.9. The predicted molar refractivity (Wildman–Crippen MR) is 126 cm³/mol. The van der Waals surface area contributed by atoms with Gasteiger partial charge in [0, 0.05) is 65.0 Å². The Kier molecular flexibility index (Phi) is 8.48. The summed E-state index contributed by atoms with van der Waals surface area (Å²) in [7, 11) is 1.03. The highest BCUT2D eigenvalue weighted by Gasteiger charge is 2.16. The monoisotopic (exact) mass is 511 g/mol. The third-order valence-corrected chi connectivity index (χ3v) is 7.30. The van der Waals surface area contributed by atoms with E-state index in [2.05, 4.69) is 44.2 Å². The van der Waals surface area contributed by atoms with Crippen molar-refractivity contribution in [2.45, 2.75) is 24.9 Å². The van der Waals surface area contributed by atoms with Crippen molar-refractivity contribution in [3.63, 3.8) is 0 Å². The Morgan fingerprint density at radius 2 is 1.90 bits per heavy atom. The minimum absolute atomic E-state index is 0.163. The van der Waals surface area contributed by atoms with Crippen molar-refractivity contribution in [1.82, 2.24) is 15.1 Å². The van der Waals surface area contributed by atoms with Crippen LogP contribution in [0.1, 0.15) is 28.4 Å². The second kappa shape index (κ2) is 10.9. The number of hydrogen-bond acceptors (Lipinski definition) is 4. The molecular formula is C22H27BrClN3O2S. The fourth-order valence-corrected chi connectivity index (χ4v) is 5.17. The van der Waals surface area contributed by atoms with Gasteiger partial charge in [-0.2, -0.15) is 0 Å². The lowest BCUT2D eigenvalue weighted by molar-refractivity contribution is 0.0950. The fourth-order valence-electron chi connectivity index (χ4n) is 3.48. The number of carbonyl (C=O) groups excluding carboxylic acids is 1. The lowest BCUT2D eigenvalue weighted by atomic mass is 10.1. The minimum Gasteiger partial charge on any atom is -0.348 e. The van der Waals surface area contributed by atoms with Crippen molar-refractivity contribution in [1.29, 1.82) is 0 Å². The van der Waals surface area contributed by atoms with E-state index in [9.17, 15) is 9.00 Å². The topological polar surface area (TPSA) is 52.7 Å². The van der Waals surface area contributed by atoms with Crippen molar-refractivity contribution in [2.75, 3.05) is 39.0 Å². The van der Waals surface area contributed by atoms with Gasteiger partial charge in [-0.3, -0.25) is 13.9 Å². The van der Waals surface area contributed by atoms with Gasteiger partial charge in [0.1, 0.15) is 0 Å². The van der Waals surface area contributed by atoms with Crippen molar-refractivity contribution in [3.05, 3.63) is 62.6 Å². The molecule has 1 unspecified atom stereocenters. The van der Waals surface area contributed by atoms with E-state index in [-0.39, 0.29) is 12.5 Å². The smallest absolute Gasteiger partial charge is 0.251 e. The molecule has 1 aliphatic rings. The summed E-state index contributed by atoms with van der Waals surface area (Å²) >= 11 is 9.65. The molecule has 162 valence electrons. The number of nitrogens with one attached hydrogen (secondary N) is 1. The summed E-state index contributed by atoms with van der Waals surface area (Å²) in [6.07, 6.45) is 0. The lowest BCUT2D eigenvalue weighted by Gasteiger charge is -2.32. The maximum atomic E-state index is 12.8. The average molecular weight is 513 g/mol. The van der Waals surface area contributed by atoms with Gasteiger partial charge in [-0.05, 0) is 54.6 Å². The van der Waals surface area contributed by atoms with E-state index in [0.717, 1.165) is 48.3 Å². The number of hydrogen-bond donors (Lipinski definition) is 1. The molecule has 1 heterocycles. The predicted octanol–water partition coefficient (Wildman–Crippen LogP) is 3.91. The number of amides is 1. The molecule has 1 amide bonds. The van der Waals surface area contributed by atoms with Gasteiger partial charge in [0.05, 0.1) is 10.8 Å². The molecule has 1 fully saturated rings. The van der Waals surface area contributed by atoms with Crippen LogP contribution in [-0.2, 0) is 23.9 Å². The van der Waals surface area contributed by atoms with Crippen LogP contribution >= 0.6 is 27.5 Å². The van der Waals surface area contributed by atoms with E-state index >= 15 is 0 Å². The number of carbonyl (C=O) groups is 1. The van der Waals surface area contributed by atoms with Crippen molar-refractivity contribution in [2.24, 2.45) is 0 Å². The number of rotatable bonds is 7. The molecule has 0 bridgehead atoms. The molecule has 1 atom stereocenters. The van der Waals surface area contributed by atoms with E-state index in [4.69, 9.17) is 11.6 Å². The van der Waals surface area contributed by atoms with Crippen LogP contribution in [0.3, 0.4) is 0 Å². The largest absolute Gasteiger partial charge is 0.348 e. The van der Waals surface area contributed by atoms with Gasteiger partial charge in [0.25, 0.3) is 5.91 Å². The van der Waals surface area contributed by atoms with Crippen molar-refractivity contribution < 1.29 is 9.00 Å². The maximum absolute atomic E-state index is 12.8. The normalized spacial score (nSPS) is 16.4. The molecule has 0 aliphatic carbocycles. The molecule has 5 nitrogen and oxygen atoms in total. The number of likely N-dealkylation sites (N-methyl/N-ethyl adjacent to an activating group) is 1. The molecule has 0 aromatic heterocycles. The molecule has 30 heavy (non-hydrogen) atoms. The average Bonchev–Trinajstić information content (AvgIpc) is 2.72. The first kappa shape index (κ1) is 23.4. The molecule has 0 radical (unpaired) electrons. The number of piperazine rings is 1. The van der Waals surface area contributed by atoms with Crippen LogP contribution < -0.4 is 5.32 Å². The molecule has 1 saturated heterocycles. The van der Waals surface area contributed by atoms with Gasteiger partial charge in [0.15, 0.2) is 0 Å². The van der Waals surface area contributed by atoms with Crippen LogP contribution in [0.15, 0.2) is 45.8 Å². The minimum atomic E-state index is -1.11. The Labute approximate surface area is 194 Å². The number of halogens is 2. The third-order valence-electron chi connectivity index (χ3n) is 5.19. The van der Waals surface area contributed by atoms with E-state index in [1.807, 2.05) is 19.1 Å². The summed E-state index contributed by atoms with van der Waals surface area (Å²) in [5.41, 5.74) is 2.49. The summed E-state index contributed by atoms with van der Waals surface area (Å²) in [6.45, 7) is 7.14. The van der Waals surface area contributed by atoms with Gasteiger partial charge >= 0.3 is 0 Å². The maximum Gasteiger partial charge on any atom is 0.251 e. The molecule has 2 aromatic carbocycles. The Morgan fingerprint density at radius 3 is 2.60 bits per heavy atom. The van der Waals surface area contributed by atoms with E-state index in [1.165, 1.54) is 0 Å². The van der Waals surface area contributed by atoms with Gasteiger partial charge in [-0.25, -0.2) is 0 Å². The summed E-state index contributed by atoms with van der Waals surface area (Å²) in [5.74, 6) is 0.355. The van der Waals surface area contributed by atoms with Crippen LogP contribution in [0.5, 0.6) is 0 Å². The Balaban J connectivity index is 1.69. The number of benzene rings is 2. The quantitative estimate of drug-likeness (QED) is 0.611. The first-order chi connectivity index (χ1) is 14.4. The van der Waals surface area contributed by atoms with Crippen molar-refractivity contribution >= 4 is 44.2 Å². The number of nitrogens with zero attached hydrogens (tertiary/aromatic N) is 2.